The lowest BCUT2D eigenvalue weighted by molar-refractivity contribution is -0.149. The molecule has 0 N–H and O–H groups in total. The Balaban J connectivity index is 1.08. The number of amides is 1. The van der Waals surface area contributed by atoms with E-state index in [1.165, 1.54) is 17.5 Å². The van der Waals surface area contributed by atoms with Crippen molar-refractivity contribution in [1.82, 2.24) is 19.5 Å². The first kappa shape index (κ1) is 26.6. The molecule has 3 saturated heterocycles. The lowest BCUT2D eigenvalue weighted by Gasteiger charge is -2.61. The highest BCUT2D eigenvalue weighted by Crippen LogP contribution is 2.49. The Bertz CT molecular complexity index is 1780. The summed E-state index contributed by atoms with van der Waals surface area (Å²) in [4.78, 5) is 24.3. The second-order valence-electron chi connectivity index (χ2n) is 12.7. The molecule has 4 aromatic rings. The summed E-state index contributed by atoms with van der Waals surface area (Å²) in [5.74, 6) is 0.202. The van der Waals surface area contributed by atoms with E-state index < -0.39 is 0 Å². The molecule has 0 unspecified atom stereocenters. The Hall–Kier alpha value is -4.01. The maximum atomic E-state index is 15.5. The van der Waals surface area contributed by atoms with Crippen LogP contribution >= 0.6 is 11.3 Å². The molecule has 4 fully saturated rings. The molecular weight excluding hydrogens is 565 g/mol. The first-order valence-corrected chi connectivity index (χ1v) is 15.7. The number of benzene rings is 1. The number of anilines is 3. The third kappa shape index (κ3) is 4.38. The van der Waals surface area contributed by atoms with Gasteiger partial charge < -0.3 is 19.4 Å². The molecular formula is C32H32FN7O2S. The van der Waals surface area contributed by atoms with Crippen molar-refractivity contribution < 1.29 is 13.9 Å². The fourth-order valence-electron chi connectivity index (χ4n) is 6.85. The summed E-state index contributed by atoms with van der Waals surface area (Å²) in [7, 11) is 1.96. The number of aromatic nitrogens is 3. The monoisotopic (exact) mass is 597 g/mol. The van der Waals surface area contributed by atoms with Crippen molar-refractivity contribution in [1.29, 1.82) is 5.26 Å². The Morgan fingerprint density at radius 2 is 1.95 bits per heavy atom. The number of fused-ring (bicyclic) bond motifs is 1. The van der Waals surface area contributed by atoms with E-state index in [1.54, 1.807) is 4.52 Å². The summed E-state index contributed by atoms with van der Waals surface area (Å²) in [5.41, 5.74) is 5.98. The molecule has 0 bridgehead atoms. The summed E-state index contributed by atoms with van der Waals surface area (Å²) >= 11 is 1.36. The molecule has 9 nitrogen and oxygen atoms in total. The van der Waals surface area contributed by atoms with Crippen LogP contribution in [0.3, 0.4) is 0 Å². The van der Waals surface area contributed by atoms with Gasteiger partial charge in [0.05, 0.1) is 41.3 Å². The predicted molar refractivity (Wildman–Crippen MR) is 162 cm³/mol. The zero-order valence-electron chi connectivity index (χ0n) is 24.2. The normalized spacial score (nSPS) is 20.7. The maximum absolute atomic E-state index is 15.5. The molecule has 11 heteroatoms. The van der Waals surface area contributed by atoms with Gasteiger partial charge in [-0.15, -0.1) is 0 Å². The Morgan fingerprint density at radius 3 is 2.63 bits per heavy atom. The number of carbonyl (C=O) groups excluding carboxylic acids is 1. The van der Waals surface area contributed by atoms with Crippen LogP contribution in [0.15, 0.2) is 36.5 Å². The van der Waals surface area contributed by atoms with Crippen molar-refractivity contribution in [3.63, 3.8) is 0 Å². The molecule has 220 valence electrons. The topological polar surface area (TPSA) is 90.0 Å². The predicted octanol–water partition coefficient (Wildman–Crippen LogP) is 5.11. The number of ether oxygens (including phenoxy) is 1. The van der Waals surface area contributed by atoms with Crippen LogP contribution < -0.4 is 9.80 Å². The molecule has 43 heavy (non-hydrogen) atoms. The highest BCUT2D eigenvalue weighted by molar-refractivity contribution is 7.16. The van der Waals surface area contributed by atoms with Gasteiger partial charge in [-0.1, -0.05) is 41.2 Å². The number of aryl methyl sites for hydroxylation is 1. The van der Waals surface area contributed by atoms with Gasteiger partial charge in [-0.25, -0.2) is 13.9 Å². The van der Waals surface area contributed by atoms with Gasteiger partial charge in [0, 0.05) is 56.7 Å². The van der Waals surface area contributed by atoms with Gasteiger partial charge in [0.25, 0.3) is 0 Å². The third-order valence-corrected chi connectivity index (χ3v) is 10.4. The smallest absolute Gasteiger partial charge is 0.228 e. The minimum absolute atomic E-state index is 0.0126. The fraction of sp³-hybridized carbons (Fsp3) is 0.438. The molecule has 1 aromatic carbocycles. The Labute approximate surface area is 253 Å². The molecule has 8 rings (SSSR count). The first-order chi connectivity index (χ1) is 20.8. The molecule has 4 aliphatic rings. The van der Waals surface area contributed by atoms with E-state index >= 15 is 4.39 Å². The van der Waals surface area contributed by atoms with Crippen molar-refractivity contribution in [3.05, 3.63) is 58.5 Å². The van der Waals surface area contributed by atoms with Gasteiger partial charge in [-0.3, -0.25) is 4.79 Å². The summed E-state index contributed by atoms with van der Waals surface area (Å²) in [6, 6.07) is 12.3. The summed E-state index contributed by atoms with van der Waals surface area (Å²) in [6.07, 6.45) is 4.38. The number of hydrogen-bond donors (Lipinski definition) is 0. The molecule has 0 radical (unpaired) electrons. The van der Waals surface area contributed by atoms with Crippen LogP contribution in [0.5, 0.6) is 0 Å². The summed E-state index contributed by atoms with van der Waals surface area (Å²) in [5, 5.41) is 15.5. The van der Waals surface area contributed by atoms with E-state index in [-0.39, 0.29) is 23.1 Å². The van der Waals surface area contributed by atoms with E-state index in [0.29, 0.717) is 40.5 Å². The second-order valence-corrected chi connectivity index (χ2v) is 13.6. The van der Waals surface area contributed by atoms with Gasteiger partial charge in [-0.2, -0.15) is 10.4 Å². The number of halogens is 1. The highest BCUT2D eigenvalue weighted by atomic mass is 32.1. The number of nitrogens with zero attached hydrogens (tertiary/aromatic N) is 7. The van der Waals surface area contributed by atoms with Crippen LogP contribution in [0.25, 0.3) is 16.8 Å². The van der Waals surface area contributed by atoms with Crippen molar-refractivity contribution in [2.75, 3.05) is 56.2 Å². The van der Waals surface area contributed by atoms with Crippen LogP contribution in [-0.4, -0.2) is 71.8 Å². The van der Waals surface area contributed by atoms with Gasteiger partial charge in [0.1, 0.15) is 16.6 Å². The van der Waals surface area contributed by atoms with Crippen LogP contribution in [0.2, 0.25) is 0 Å². The molecule has 1 spiro atoms. The van der Waals surface area contributed by atoms with Crippen LogP contribution in [0.1, 0.15) is 41.3 Å². The number of likely N-dealkylation sites (tertiary alicyclic amines) is 1. The number of carbonyl (C=O) groups is 1. The zero-order valence-corrected chi connectivity index (χ0v) is 25.0. The second kappa shape index (κ2) is 9.76. The van der Waals surface area contributed by atoms with Gasteiger partial charge >= 0.3 is 0 Å². The van der Waals surface area contributed by atoms with Crippen molar-refractivity contribution in [3.8, 4) is 17.3 Å². The minimum atomic E-state index is -0.306. The van der Waals surface area contributed by atoms with E-state index in [9.17, 15) is 10.1 Å². The van der Waals surface area contributed by atoms with Crippen molar-refractivity contribution >= 4 is 39.3 Å². The van der Waals surface area contributed by atoms with Crippen LogP contribution in [0.4, 0.5) is 20.9 Å². The van der Waals surface area contributed by atoms with E-state index in [2.05, 4.69) is 11.0 Å². The fourth-order valence-corrected chi connectivity index (χ4v) is 7.70. The van der Waals surface area contributed by atoms with Gasteiger partial charge in [0.15, 0.2) is 10.9 Å². The zero-order chi connectivity index (χ0) is 29.5. The number of nitriles is 1. The Kier molecular flexibility index (Phi) is 6.04. The summed E-state index contributed by atoms with van der Waals surface area (Å²) in [6.45, 7) is 6.11. The van der Waals surface area contributed by atoms with E-state index in [1.807, 2.05) is 54.1 Å². The lowest BCUT2D eigenvalue weighted by Crippen LogP contribution is -2.73. The molecule has 1 amide bonds. The molecule has 3 aromatic heterocycles. The summed E-state index contributed by atoms with van der Waals surface area (Å²) < 4.78 is 22.6. The SMILES string of the molecule is Cc1ccc(-c2nc(N(C)c3c(C4CC4)nn4cc(F)c(N5CC6(CN(C(=O)[C@H]7CCOC7)C6)C5)cc34)sc2C#N)cc1. The number of pyridine rings is 1. The van der Waals surface area contributed by atoms with Gasteiger partial charge in [-0.05, 0) is 32.3 Å². The average Bonchev–Trinajstić information content (AvgIpc) is 3.33. The standard InChI is InChI=1S/C32H32FN7O2S/c1-19-3-5-20(6-4-19)27-26(12-34)43-31(35-27)37(2)29-25-11-24(23(33)13-40(25)36-28(29)21-7-8-21)38-15-32(16-38)17-39(18-32)30(41)22-9-10-42-14-22/h3-6,11,13,21-22H,7-10,14-18H2,1-2H3/t22-/m0/s1. The highest BCUT2D eigenvalue weighted by Gasteiger charge is 2.54. The van der Waals surface area contributed by atoms with Gasteiger partial charge in [0.2, 0.25) is 5.91 Å². The van der Waals surface area contributed by atoms with E-state index in [4.69, 9.17) is 14.8 Å². The minimum Gasteiger partial charge on any atom is -0.381 e. The van der Waals surface area contributed by atoms with Crippen LogP contribution in [0, 0.1) is 35.4 Å². The third-order valence-electron chi connectivity index (χ3n) is 9.37. The average molecular weight is 598 g/mol. The lowest BCUT2D eigenvalue weighted by atomic mass is 9.72. The molecule has 1 atom stereocenters. The van der Waals surface area contributed by atoms with Crippen molar-refractivity contribution in [2.45, 2.75) is 32.1 Å². The number of hydrogen-bond acceptors (Lipinski definition) is 8. The molecule has 3 aliphatic heterocycles. The quantitative estimate of drug-likeness (QED) is 0.305. The maximum Gasteiger partial charge on any atom is 0.228 e. The first-order valence-electron chi connectivity index (χ1n) is 14.9. The Morgan fingerprint density at radius 1 is 1.19 bits per heavy atom. The van der Waals surface area contributed by atoms with E-state index in [0.717, 1.165) is 73.5 Å². The molecule has 6 heterocycles. The molecule has 1 saturated carbocycles. The largest absolute Gasteiger partial charge is 0.381 e. The molecule has 1 aliphatic carbocycles. The van der Waals surface area contributed by atoms with Crippen molar-refractivity contribution in [2.24, 2.45) is 11.3 Å². The number of rotatable bonds is 6. The van der Waals surface area contributed by atoms with Crippen LogP contribution in [-0.2, 0) is 9.53 Å². The number of thiazole rings is 1.